The third kappa shape index (κ3) is 3.48. The van der Waals surface area contributed by atoms with Crippen LogP contribution in [0.3, 0.4) is 0 Å². The number of aromatic amines is 1. The summed E-state index contributed by atoms with van der Waals surface area (Å²) in [6.07, 6.45) is -4.95. The predicted molar refractivity (Wildman–Crippen MR) is 106 cm³/mol. The molecule has 0 saturated carbocycles. The standard InChI is InChI=1S/C21H19F5N4O3/c1-8-13(10-4-5-11(22)14(23)15(10)32-3)16(33-20(8,2)21(24,25)26)19-29-12-6-9(17(27)31)7-28-18(12)30-19/h4-8,13,16H,1-3H3,(H2,27,31)(H,28,29,30)/t8-,13-,16+,20+/m0/s1. The number of rotatable bonds is 4. The number of primary amides is 1. The Morgan fingerprint density at radius 1 is 1.30 bits per heavy atom. The monoisotopic (exact) mass is 470 g/mol. The molecule has 3 N–H and O–H groups in total. The molecule has 3 heterocycles. The van der Waals surface area contributed by atoms with Crippen LogP contribution in [-0.4, -0.2) is 39.7 Å². The molecule has 1 aromatic carbocycles. The number of hydrogen-bond acceptors (Lipinski definition) is 5. The van der Waals surface area contributed by atoms with Crippen LogP contribution in [0, 0.1) is 17.6 Å². The number of carbonyl (C=O) groups excluding carboxylic acids is 1. The van der Waals surface area contributed by atoms with E-state index in [9.17, 15) is 26.7 Å². The van der Waals surface area contributed by atoms with Crippen molar-refractivity contribution in [2.45, 2.75) is 37.6 Å². The first-order valence-corrected chi connectivity index (χ1v) is 9.81. The number of pyridine rings is 1. The number of nitrogens with one attached hydrogen (secondary N) is 1. The molecule has 0 bridgehead atoms. The SMILES string of the molecule is COc1c([C@H]2[C@H](c3nc4ncc(C(N)=O)cc4[nH]3)O[C@@](C)(C(F)(F)F)[C@H]2C)ccc(F)c1F. The Kier molecular flexibility index (Phi) is 5.31. The van der Waals surface area contributed by atoms with Gasteiger partial charge in [-0.3, -0.25) is 4.79 Å². The smallest absolute Gasteiger partial charge is 0.417 e. The maximum atomic E-state index is 14.4. The first-order valence-electron chi connectivity index (χ1n) is 9.81. The van der Waals surface area contributed by atoms with Gasteiger partial charge in [-0.1, -0.05) is 13.0 Å². The van der Waals surface area contributed by atoms with Crippen LogP contribution in [0.1, 0.15) is 47.6 Å². The van der Waals surface area contributed by atoms with Crippen molar-refractivity contribution in [3.05, 3.63) is 53.0 Å². The van der Waals surface area contributed by atoms with Crippen LogP contribution >= 0.6 is 0 Å². The minimum Gasteiger partial charge on any atom is -0.493 e. The molecule has 0 radical (unpaired) electrons. The summed E-state index contributed by atoms with van der Waals surface area (Å²) < 4.78 is 81.0. The maximum absolute atomic E-state index is 14.4. The average Bonchev–Trinajstić information content (AvgIpc) is 3.28. The zero-order valence-corrected chi connectivity index (χ0v) is 17.6. The van der Waals surface area contributed by atoms with Gasteiger partial charge in [-0.05, 0) is 19.1 Å². The molecule has 1 aliphatic heterocycles. The molecular formula is C21H19F5N4O3. The van der Waals surface area contributed by atoms with Gasteiger partial charge in [-0.25, -0.2) is 14.4 Å². The van der Waals surface area contributed by atoms with E-state index in [-0.39, 0.29) is 28.1 Å². The van der Waals surface area contributed by atoms with Crippen LogP contribution in [0.25, 0.3) is 11.2 Å². The van der Waals surface area contributed by atoms with E-state index in [2.05, 4.69) is 15.0 Å². The quantitative estimate of drug-likeness (QED) is 0.558. The molecule has 176 valence electrons. The lowest BCUT2D eigenvalue weighted by Crippen LogP contribution is -2.46. The highest BCUT2D eigenvalue weighted by Crippen LogP contribution is 2.59. The van der Waals surface area contributed by atoms with E-state index in [1.165, 1.54) is 25.3 Å². The van der Waals surface area contributed by atoms with Crippen molar-refractivity contribution in [3.8, 4) is 5.75 Å². The predicted octanol–water partition coefficient (Wildman–Crippen LogP) is 4.16. The number of alkyl halides is 3. The zero-order valence-electron chi connectivity index (χ0n) is 17.6. The lowest BCUT2D eigenvalue weighted by molar-refractivity contribution is -0.275. The average molecular weight is 470 g/mol. The molecule has 33 heavy (non-hydrogen) atoms. The largest absolute Gasteiger partial charge is 0.493 e. The summed E-state index contributed by atoms with van der Waals surface area (Å²) in [6.45, 7) is 2.20. The molecule has 1 saturated heterocycles. The van der Waals surface area contributed by atoms with E-state index in [4.69, 9.17) is 15.2 Å². The Morgan fingerprint density at radius 2 is 2.00 bits per heavy atom. The summed E-state index contributed by atoms with van der Waals surface area (Å²) in [5.41, 5.74) is 3.03. The van der Waals surface area contributed by atoms with Crippen LogP contribution in [0.2, 0.25) is 0 Å². The number of nitrogens with zero attached hydrogens (tertiary/aromatic N) is 2. The molecule has 1 aliphatic rings. The van der Waals surface area contributed by atoms with Crippen molar-refractivity contribution in [2.24, 2.45) is 11.7 Å². The van der Waals surface area contributed by atoms with Gasteiger partial charge in [0.05, 0.1) is 18.2 Å². The van der Waals surface area contributed by atoms with Gasteiger partial charge in [0.1, 0.15) is 11.9 Å². The van der Waals surface area contributed by atoms with Gasteiger partial charge in [0.2, 0.25) is 11.7 Å². The number of halogens is 5. The normalized spacial score (nSPS) is 25.5. The molecular weight excluding hydrogens is 451 g/mol. The fourth-order valence-electron chi connectivity index (χ4n) is 4.24. The van der Waals surface area contributed by atoms with Crippen molar-refractivity contribution in [1.82, 2.24) is 15.0 Å². The van der Waals surface area contributed by atoms with Crippen LogP contribution in [0.5, 0.6) is 5.75 Å². The molecule has 3 aromatic rings. The summed E-state index contributed by atoms with van der Waals surface area (Å²) in [5.74, 6) is -6.20. The van der Waals surface area contributed by atoms with E-state index in [1.807, 2.05) is 0 Å². The van der Waals surface area contributed by atoms with E-state index >= 15 is 0 Å². The molecule has 1 fully saturated rings. The fourth-order valence-corrected chi connectivity index (χ4v) is 4.24. The van der Waals surface area contributed by atoms with Crippen molar-refractivity contribution in [1.29, 1.82) is 0 Å². The Bertz CT molecular complexity index is 1240. The Balaban J connectivity index is 1.91. The molecule has 1 amide bonds. The Morgan fingerprint density at radius 3 is 2.61 bits per heavy atom. The summed E-state index contributed by atoms with van der Waals surface area (Å²) in [4.78, 5) is 22.5. The summed E-state index contributed by atoms with van der Waals surface area (Å²) in [6, 6.07) is 3.35. The van der Waals surface area contributed by atoms with Gasteiger partial charge in [0, 0.05) is 23.6 Å². The van der Waals surface area contributed by atoms with Crippen molar-refractivity contribution < 1.29 is 36.2 Å². The van der Waals surface area contributed by atoms with Crippen LogP contribution in [0.4, 0.5) is 22.0 Å². The number of hydrogen-bond donors (Lipinski definition) is 2. The molecule has 7 nitrogen and oxygen atoms in total. The van der Waals surface area contributed by atoms with E-state index in [1.54, 1.807) is 0 Å². The van der Waals surface area contributed by atoms with E-state index < -0.39 is 53.0 Å². The number of benzene rings is 1. The molecule has 0 aliphatic carbocycles. The molecule has 0 spiro atoms. The number of H-pyrrole nitrogens is 1. The number of ether oxygens (including phenoxy) is 2. The molecule has 0 unspecified atom stereocenters. The van der Waals surface area contributed by atoms with E-state index in [0.29, 0.717) is 0 Å². The second-order valence-corrected chi connectivity index (χ2v) is 8.02. The Labute approximate surface area is 184 Å². The van der Waals surface area contributed by atoms with Crippen LogP contribution in [-0.2, 0) is 4.74 Å². The van der Waals surface area contributed by atoms with Gasteiger partial charge in [-0.15, -0.1) is 0 Å². The number of imidazole rings is 1. The Hall–Kier alpha value is -3.28. The van der Waals surface area contributed by atoms with Gasteiger partial charge >= 0.3 is 6.18 Å². The van der Waals surface area contributed by atoms with Crippen LogP contribution < -0.4 is 10.5 Å². The summed E-state index contributed by atoms with van der Waals surface area (Å²) >= 11 is 0. The number of carbonyl (C=O) groups is 1. The van der Waals surface area contributed by atoms with Gasteiger partial charge < -0.3 is 20.2 Å². The molecule has 12 heteroatoms. The lowest BCUT2D eigenvalue weighted by Gasteiger charge is -2.32. The van der Waals surface area contributed by atoms with Crippen molar-refractivity contribution >= 4 is 17.1 Å². The number of amides is 1. The molecule has 4 atom stereocenters. The summed E-state index contributed by atoms with van der Waals surface area (Å²) in [7, 11) is 1.09. The minimum atomic E-state index is -4.78. The van der Waals surface area contributed by atoms with Crippen LogP contribution in [0.15, 0.2) is 24.4 Å². The fraction of sp³-hybridized carbons (Fsp3) is 0.381. The number of fused-ring (bicyclic) bond motifs is 1. The number of aromatic nitrogens is 3. The first-order chi connectivity index (χ1) is 15.4. The topological polar surface area (TPSA) is 103 Å². The first kappa shape index (κ1) is 22.9. The summed E-state index contributed by atoms with van der Waals surface area (Å²) in [5, 5.41) is 0. The minimum absolute atomic E-state index is 0.00637. The van der Waals surface area contributed by atoms with Gasteiger partial charge in [-0.2, -0.15) is 17.6 Å². The number of nitrogens with two attached hydrogens (primary N) is 1. The highest BCUT2D eigenvalue weighted by Gasteiger charge is 2.65. The number of methoxy groups -OCH3 is 1. The second-order valence-electron chi connectivity index (χ2n) is 8.02. The molecule has 4 rings (SSSR count). The second kappa shape index (κ2) is 7.65. The zero-order chi connectivity index (χ0) is 24.3. The highest BCUT2D eigenvalue weighted by atomic mass is 19.4. The maximum Gasteiger partial charge on any atom is 0.417 e. The van der Waals surface area contributed by atoms with Gasteiger partial charge in [0.25, 0.3) is 0 Å². The molecule has 2 aromatic heterocycles. The lowest BCUT2D eigenvalue weighted by atomic mass is 9.77. The van der Waals surface area contributed by atoms with Crippen molar-refractivity contribution in [3.63, 3.8) is 0 Å². The van der Waals surface area contributed by atoms with Crippen molar-refractivity contribution in [2.75, 3.05) is 7.11 Å². The van der Waals surface area contributed by atoms with Gasteiger partial charge in [0.15, 0.2) is 22.8 Å². The van der Waals surface area contributed by atoms with E-state index in [0.717, 1.165) is 20.1 Å². The highest BCUT2D eigenvalue weighted by molar-refractivity contribution is 5.95. The third-order valence-corrected chi connectivity index (χ3v) is 6.22. The third-order valence-electron chi connectivity index (χ3n) is 6.22.